The summed E-state index contributed by atoms with van der Waals surface area (Å²) in [6.45, 7) is 1.89. The maximum atomic E-state index is 13.2. The van der Waals surface area contributed by atoms with E-state index in [4.69, 9.17) is 8.83 Å². The molecule has 3 aromatic heterocycles. The Hall–Kier alpha value is -3.59. The molecule has 156 valence electrons. The lowest BCUT2D eigenvalue weighted by molar-refractivity contribution is -0.130. The predicted octanol–water partition coefficient (Wildman–Crippen LogP) is 4.23. The number of rotatable bonds is 6. The van der Waals surface area contributed by atoms with Crippen molar-refractivity contribution >= 4 is 23.4 Å². The second-order valence-corrected chi connectivity index (χ2v) is 7.93. The molecule has 0 spiro atoms. The lowest BCUT2D eigenvalue weighted by Crippen LogP contribution is -2.28. The van der Waals surface area contributed by atoms with Crippen molar-refractivity contribution in [1.29, 1.82) is 0 Å². The van der Waals surface area contributed by atoms with Crippen molar-refractivity contribution in [1.82, 2.24) is 19.8 Å². The number of hydrogen-bond acceptors (Lipinski definition) is 7. The minimum atomic E-state index is -0.308. The van der Waals surface area contributed by atoms with E-state index in [1.807, 2.05) is 60.0 Å². The van der Waals surface area contributed by atoms with Crippen molar-refractivity contribution in [3.8, 4) is 5.69 Å². The number of para-hydroxylation sites is 1. The lowest BCUT2D eigenvalue weighted by Gasteiger charge is -2.19. The van der Waals surface area contributed by atoms with Crippen LogP contribution >= 0.6 is 11.8 Å². The van der Waals surface area contributed by atoms with Crippen LogP contribution in [0, 0.1) is 6.92 Å². The average molecular weight is 433 g/mol. The van der Waals surface area contributed by atoms with Gasteiger partial charge in [0.1, 0.15) is 29.1 Å². The second kappa shape index (κ2) is 8.27. The van der Waals surface area contributed by atoms with Crippen LogP contribution in [0.5, 0.6) is 0 Å². The molecule has 31 heavy (non-hydrogen) atoms. The quantitative estimate of drug-likeness (QED) is 0.423. The van der Waals surface area contributed by atoms with Gasteiger partial charge in [-0.05, 0) is 43.3 Å². The Labute approximate surface area is 182 Å². The minimum absolute atomic E-state index is 0.145. The number of nitrogens with zero attached hydrogens (tertiary/aromatic N) is 5. The Morgan fingerprint density at radius 1 is 1.06 bits per heavy atom. The van der Waals surface area contributed by atoms with Crippen LogP contribution in [0.25, 0.3) is 5.69 Å². The van der Waals surface area contributed by atoms with Crippen LogP contribution in [-0.4, -0.2) is 37.1 Å². The summed E-state index contributed by atoms with van der Waals surface area (Å²) in [5.41, 5.74) is 1.67. The zero-order valence-electron chi connectivity index (χ0n) is 16.7. The van der Waals surface area contributed by atoms with E-state index in [0.717, 1.165) is 11.5 Å². The summed E-state index contributed by atoms with van der Waals surface area (Å²) in [4.78, 5) is 13.2. The van der Waals surface area contributed by atoms with E-state index >= 15 is 0 Å². The molecule has 0 radical (unpaired) electrons. The Morgan fingerprint density at radius 3 is 2.61 bits per heavy atom. The maximum Gasteiger partial charge on any atom is 0.253 e. The number of aryl methyl sites for hydroxylation is 1. The summed E-state index contributed by atoms with van der Waals surface area (Å²) < 4.78 is 13.0. The molecule has 0 saturated heterocycles. The number of amides is 1. The summed E-state index contributed by atoms with van der Waals surface area (Å²) in [6.07, 6.45) is 3.72. The molecule has 4 aromatic rings. The average Bonchev–Trinajstić information content (AvgIpc) is 3.59. The first-order valence-electron chi connectivity index (χ1n) is 9.78. The van der Waals surface area contributed by atoms with E-state index in [9.17, 15) is 4.79 Å². The predicted molar refractivity (Wildman–Crippen MR) is 115 cm³/mol. The smallest absolute Gasteiger partial charge is 0.253 e. The monoisotopic (exact) mass is 433 g/mol. The van der Waals surface area contributed by atoms with Crippen molar-refractivity contribution in [3.63, 3.8) is 0 Å². The van der Waals surface area contributed by atoms with Crippen molar-refractivity contribution in [3.05, 3.63) is 84.5 Å². The van der Waals surface area contributed by atoms with E-state index in [2.05, 4.69) is 15.3 Å². The van der Waals surface area contributed by atoms with E-state index in [1.165, 1.54) is 16.8 Å². The number of furan rings is 2. The second-order valence-electron chi connectivity index (χ2n) is 6.99. The van der Waals surface area contributed by atoms with Gasteiger partial charge in [-0.25, -0.2) is 5.01 Å². The van der Waals surface area contributed by atoms with Gasteiger partial charge in [-0.1, -0.05) is 30.0 Å². The lowest BCUT2D eigenvalue weighted by atomic mass is 10.1. The molecule has 1 aliphatic rings. The Balaban J connectivity index is 1.37. The number of aromatic nitrogens is 3. The highest BCUT2D eigenvalue weighted by Gasteiger charge is 2.35. The highest BCUT2D eigenvalue weighted by molar-refractivity contribution is 7.99. The van der Waals surface area contributed by atoms with E-state index in [-0.39, 0.29) is 17.7 Å². The van der Waals surface area contributed by atoms with Gasteiger partial charge in [-0.15, -0.1) is 10.2 Å². The van der Waals surface area contributed by atoms with Crippen LogP contribution in [0.15, 0.2) is 86.2 Å². The number of benzene rings is 1. The Bertz CT molecular complexity index is 1200. The summed E-state index contributed by atoms with van der Waals surface area (Å²) in [7, 11) is 0. The van der Waals surface area contributed by atoms with Gasteiger partial charge in [0.25, 0.3) is 5.91 Å². The third-order valence-corrected chi connectivity index (χ3v) is 5.89. The van der Waals surface area contributed by atoms with Crippen molar-refractivity contribution in [2.24, 2.45) is 5.10 Å². The molecule has 1 atom stereocenters. The third kappa shape index (κ3) is 3.79. The van der Waals surface area contributed by atoms with Crippen molar-refractivity contribution in [2.75, 3.05) is 5.75 Å². The molecular formula is C22H19N5O3S. The topological polar surface area (TPSA) is 89.7 Å². The summed E-state index contributed by atoms with van der Waals surface area (Å²) in [5.74, 6) is 2.12. The van der Waals surface area contributed by atoms with Crippen LogP contribution in [0.4, 0.5) is 0 Å². The Kier molecular flexibility index (Phi) is 5.17. The molecule has 1 aliphatic heterocycles. The first-order chi connectivity index (χ1) is 15.2. The fourth-order valence-corrected chi connectivity index (χ4v) is 4.39. The SMILES string of the molecule is Cc1nnc(SCC(=O)N2N=C(c3ccco3)CC2c2ccco2)n1-c1ccccc1. The summed E-state index contributed by atoms with van der Waals surface area (Å²) in [6, 6.07) is 16.8. The fourth-order valence-electron chi connectivity index (χ4n) is 3.54. The zero-order valence-corrected chi connectivity index (χ0v) is 17.5. The van der Waals surface area contributed by atoms with Crippen LogP contribution in [0.2, 0.25) is 0 Å². The van der Waals surface area contributed by atoms with Crippen LogP contribution in [0.3, 0.4) is 0 Å². The van der Waals surface area contributed by atoms with Crippen LogP contribution in [0.1, 0.15) is 29.8 Å². The first kappa shape index (κ1) is 19.4. The molecule has 4 heterocycles. The standard InChI is InChI=1S/C22H19N5O3S/c1-15-23-24-22(26(15)16-7-3-2-4-8-16)31-14-21(28)27-18(20-10-6-12-30-20)13-17(25-27)19-9-5-11-29-19/h2-12,18H,13-14H2,1H3. The van der Waals surface area contributed by atoms with Gasteiger partial charge in [-0.2, -0.15) is 5.10 Å². The van der Waals surface area contributed by atoms with Gasteiger partial charge in [-0.3, -0.25) is 9.36 Å². The number of hydrogen-bond donors (Lipinski definition) is 0. The normalized spacial score (nSPS) is 16.0. The van der Waals surface area contributed by atoms with Gasteiger partial charge in [0.2, 0.25) is 0 Å². The number of hydrazone groups is 1. The maximum absolute atomic E-state index is 13.2. The highest BCUT2D eigenvalue weighted by atomic mass is 32.2. The number of carbonyl (C=O) groups excluding carboxylic acids is 1. The van der Waals surface area contributed by atoms with E-state index in [0.29, 0.717) is 28.8 Å². The van der Waals surface area contributed by atoms with Crippen molar-refractivity contribution in [2.45, 2.75) is 24.5 Å². The van der Waals surface area contributed by atoms with Crippen molar-refractivity contribution < 1.29 is 13.6 Å². The summed E-state index contributed by atoms with van der Waals surface area (Å²) >= 11 is 1.33. The zero-order chi connectivity index (χ0) is 21.2. The number of carbonyl (C=O) groups is 1. The molecule has 8 nitrogen and oxygen atoms in total. The molecule has 1 unspecified atom stereocenters. The molecule has 0 saturated carbocycles. The molecule has 0 fully saturated rings. The summed E-state index contributed by atoms with van der Waals surface area (Å²) in [5, 5.41) is 15.1. The van der Waals surface area contributed by atoms with E-state index in [1.54, 1.807) is 18.6 Å². The third-order valence-electron chi connectivity index (χ3n) is 4.98. The minimum Gasteiger partial charge on any atom is -0.467 e. The first-order valence-corrected chi connectivity index (χ1v) is 10.8. The molecular weight excluding hydrogens is 414 g/mol. The molecule has 0 bridgehead atoms. The van der Waals surface area contributed by atoms with Crippen LogP contribution < -0.4 is 0 Å². The number of thioether (sulfide) groups is 1. The van der Waals surface area contributed by atoms with Gasteiger partial charge in [0, 0.05) is 12.1 Å². The van der Waals surface area contributed by atoms with Gasteiger partial charge in [0.05, 0.1) is 18.3 Å². The largest absolute Gasteiger partial charge is 0.467 e. The van der Waals surface area contributed by atoms with E-state index < -0.39 is 0 Å². The molecule has 5 rings (SSSR count). The van der Waals surface area contributed by atoms with Gasteiger partial charge >= 0.3 is 0 Å². The highest BCUT2D eigenvalue weighted by Crippen LogP contribution is 2.34. The van der Waals surface area contributed by atoms with Gasteiger partial charge in [0.15, 0.2) is 5.16 Å². The molecule has 1 aromatic carbocycles. The molecule has 0 aliphatic carbocycles. The molecule has 0 N–H and O–H groups in total. The van der Waals surface area contributed by atoms with Crippen LogP contribution in [-0.2, 0) is 4.79 Å². The Morgan fingerprint density at radius 2 is 1.87 bits per heavy atom. The fraction of sp³-hybridized carbons (Fsp3) is 0.182. The molecule has 1 amide bonds. The molecule has 9 heteroatoms. The van der Waals surface area contributed by atoms with Gasteiger partial charge < -0.3 is 8.83 Å².